The number of ether oxygens (including phenoxy) is 2. The smallest absolute Gasteiger partial charge is 0.296 e. The molecule has 1 atom stereocenters. The minimum atomic E-state index is -0.783. The van der Waals surface area contributed by atoms with Gasteiger partial charge in [-0.05, 0) is 66.9 Å². The van der Waals surface area contributed by atoms with Crippen molar-refractivity contribution >= 4 is 17.4 Å². The average molecular weight is 459 g/mol. The van der Waals surface area contributed by atoms with Gasteiger partial charge in [-0.2, -0.15) is 0 Å². The Balaban J connectivity index is 1.89. The summed E-state index contributed by atoms with van der Waals surface area (Å²) in [6.07, 6.45) is 1.64. The maximum atomic E-state index is 13.3. The van der Waals surface area contributed by atoms with E-state index < -0.39 is 17.7 Å². The highest BCUT2D eigenvalue weighted by Crippen LogP contribution is 2.41. The van der Waals surface area contributed by atoms with Gasteiger partial charge in [0.05, 0.1) is 38.1 Å². The molecule has 3 aromatic rings. The first-order chi connectivity index (χ1) is 16.3. The first kappa shape index (κ1) is 23.0. The summed E-state index contributed by atoms with van der Waals surface area (Å²) in [5, 5.41) is 11.4. The molecule has 7 nitrogen and oxygen atoms in total. The van der Waals surface area contributed by atoms with Gasteiger partial charge in [0.2, 0.25) is 0 Å². The molecule has 0 bridgehead atoms. The summed E-state index contributed by atoms with van der Waals surface area (Å²) in [5.74, 6) is -0.313. The molecule has 0 spiro atoms. The zero-order valence-electron chi connectivity index (χ0n) is 19.5. The SMILES string of the molecule is COc1ccc(C2/C(=C(\O)c3cc(C)c(OC)cc3C)C(=O)C(=O)N2Cc2ccccn2)cc1. The molecule has 1 saturated heterocycles. The van der Waals surface area contributed by atoms with Crippen molar-refractivity contribution < 1.29 is 24.2 Å². The minimum Gasteiger partial charge on any atom is -0.507 e. The number of carbonyl (C=O) groups excluding carboxylic acids is 2. The Labute approximate surface area is 198 Å². The van der Waals surface area contributed by atoms with Gasteiger partial charge in [0.25, 0.3) is 11.7 Å². The van der Waals surface area contributed by atoms with E-state index in [0.717, 1.165) is 11.1 Å². The molecule has 2 heterocycles. The lowest BCUT2D eigenvalue weighted by Crippen LogP contribution is -2.29. The van der Waals surface area contributed by atoms with E-state index >= 15 is 0 Å². The van der Waals surface area contributed by atoms with Crippen LogP contribution in [0, 0.1) is 13.8 Å². The molecule has 174 valence electrons. The molecule has 1 aliphatic rings. The number of benzene rings is 2. The minimum absolute atomic E-state index is 0.0405. The van der Waals surface area contributed by atoms with Crippen LogP contribution in [0.25, 0.3) is 5.76 Å². The largest absolute Gasteiger partial charge is 0.507 e. The van der Waals surface area contributed by atoms with E-state index in [2.05, 4.69) is 4.98 Å². The van der Waals surface area contributed by atoms with Crippen LogP contribution in [0.1, 0.15) is 34.0 Å². The van der Waals surface area contributed by atoms with Gasteiger partial charge in [0, 0.05) is 11.8 Å². The normalized spacial score (nSPS) is 17.2. The molecular weight excluding hydrogens is 432 g/mol. The molecule has 0 radical (unpaired) electrons. The fourth-order valence-corrected chi connectivity index (χ4v) is 4.25. The zero-order chi connectivity index (χ0) is 24.4. The van der Waals surface area contributed by atoms with Crippen molar-refractivity contribution in [2.45, 2.75) is 26.4 Å². The predicted octanol–water partition coefficient (Wildman–Crippen LogP) is 4.34. The molecule has 1 aliphatic heterocycles. The second kappa shape index (κ2) is 9.39. The maximum absolute atomic E-state index is 13.3. The average Bonchev–Trinajstić information content (AvgIpc) is 3.10. The summed E-state index contributed by atoms with van der Waals surface area (Å²) in [5.41, 5.74) is 3.37. The number of amides is 1. The van der Waals surface area contributed by atoms with E-state index in [1.165, 1.54) is 4.90 Å². The van der Waals surface area contributed by atoms with Gasteiger partial charge in [-0.1, -0.05) is 18.2 Å². The van der Waals surface area contributed by atoms with Crippen molar-refractivity contribution in [2.75, 3.05) is 14.2 Å². The fourth-order valence-electron chi connectivity index (χ4n) is 4.25. The van der Waals surface area contributed by atoms with Gasteiger partial charge in [-0.3, -0.25) is 14.6 Å². The van der Waals surface area contributed by atoms with Crippen LogP contribution in [0.5, 0.6) is 11.5 Å². The van der Waals surface area contributed by atoms with Crippen LogP contribution in [-0.4, -0.2) is 40.9 Å². The van der Waals surface area contributed by atoms with E-state index in [-0.39, 0.29) is 17.9 Å². The van der Waals surface area contributed by atoms with Gasteiger partial charge in [0.1, 0.15) is 17.3 Å². The third-order valence-electron chi connectivity index (χ3n) is 6.03. The van der Waals surface area contributed by atoms with Gasteiger partial charge in [-0.15, -0.1) is 0 Å². The van der Waals surface area contributed by atoms with Crippen molar-refractivity contribution in [1.29, 1.82) is 0 Å². The Morgan fingerprint density at radius 2 is 1.74 bits per heavy atom. The van der Waals surface area contributed by atoms with E-state index in [1.54, 1.807) is 68.9 Å². The van der Waals surface area contributed by atoms with Gasteiger partial charge in [-0.25, -0.2) is 0 Å². The summed E-state index contributed by atoms with van der Waals surface area (Å²) in [6.45, 7) is 3.80. The number of aromatic nitrogens is 1. The van der Waals surface area contributed by atoms with Crippen LogP contribution in [0.2, 0.25) is 0 Å². The summed E-state index contributed by atoms with van der Waals surface area (Å²) < 4.78 is 10.6. The number of hydrogen-bond donors (Lipinski definition) is 1. The summed E-state index contributed by atoms with van der Waals surface area (Å²) >= 11 is 0. The zero-order valence-corrected chi connectivity index (χ0v) is 19.5. The molecule has 7 heteroatoms. The van der Waals surface area contributed by atoms with Gasteiger partial charge < -0.3 is 19.5 Å². The van der Waals surface area contributed by atoms with Crippen LogP contribution < -0.4 is 9.47 Å². The Morgan fingerprint density at radius 1 is 1.00 bits per heavy atom. The molecule has 4 rings (SSSR count). The molecule has 1 fully saturated rings. The fraction of sp³-hybridized carbons (Fsp3) is 0.222. The van der Waals surface area contributed by atoms with Crippen LogP contribution in [0.4, 0.5) is 0 Å². The molecule has 1 aromatic heterocycles. The topological polar surface area (TPSA) is 89.0 Å². The van der Waals surface area contributed by atoms with Gasteiger partial charge in [0.15, 0.2) is 0 Å². The monoisotopic (exact) mass is 458 g/mol. The first-order valence-electron chi connectivity index (χ1n) is 10.8. The lowest BCUT2D eigenvalue weighted by atomic mass is 9.93. The number of likely N-dealkylation sites (tertiary alicyclic amines) is 1. The number of aryl methyl sites for hydroxylation is 2. The van der Waals surface area contributed by atoms with Gasteiger partial charge >= 0.3 is 0 Å². The summed E-state index contributed by atoms with van der Waals surface area (Å²) in [6, 6.07) is 15.3. The van der Waals surface area contributed by atoms with E-state index in [1.807, 2.05) is 19.9 Å². The maximum Gasteiger partial charge on any atom is 0.296 e. The quantitative estimate of drug-likeness (QED) is 0.336. The van der Waals surface area contributed by atoms with Crippen molar-refractivity contribution in [3.05, 3.63) is 94.3 Å². The van der Waals surface area contributed by atoms with Crippen molar-refractivity contribution in [3.8, 4) is 11.5 Å². The first-order valence-corrected chi connectivity index (χ1v) is 10.8. The number of methoxy groups -OCH3 is 2. The van der Waals surface area contributed by atoms with E-state index in [4.69, 9.17) is 9.47 Å². The molecule has 2 aromatic carbocycles. The third-order valence-corrected chi connectivity index (χ3v) is 6.03. The molecule has 1 unspecified atom stereocenters. The number of pyridine rings is 1. The number of nitrogens with zero attached hydrogens (tertiary/aromatic N) is 2. The van der Waals surface area contributed by atoms with Crippen LogP contribution >= 0.6 is 0 Å². The van der Waals surface area contributed by atoms with Crippen molar-refractivity contribution in [3.63, 3.8) is 0 Å². The molecular formula is C27H26N2O5. The summed E-state index contributed by atoms with van der Waals surface area (Å²) in [7, 11) is 3.14. The number of aliphatic hydroxyl groups is 1. The number of aliphatic hydroxyl groups excluding tert-OH is 1. The van der Waals surface area contributed by atoms with Crippen molar-refractivity contribution in [1.82, 2.24) is 9.88 Å². The Morgan fingerprint density at radius 3 is 2.35 bits per heavy atom. The van der Waals surface area contributed by atoms with Crippen LogP contribution in [0.15, 0.2) is 66.4 Å². The molecule has 0 saturated carbocycles. The third kappa shape index (κ3) is 4.12. The number of rotatable bonds is 6. The highest BCUT2D eigenvalue weighted by atomic mass is 16.5. The van der Waals surface area contributed by atoms with Crippen LogP contribution in [0.3, 0.4) is 0 Å². The standard InChI is InChI=1S/C27H26N2O5/c1-16-14-22(34-4)17(2)13-21(16)25(30)23-24(18-8-10-20(33-3)11-9-18)29(27(32)26(23)31)15-19-7-5-6-12-28-19/h5-14,24,30H,15H2,1-4H3/b25-23+. The van der Waals surface area contributed by atoms with E-state index in [9.17, 15) is 14.7 Å². The second-order valence-corrected chi connectivity index (χ2v) is 8.16. The Kier molecular flexibility index (Phi) is 6.36. The highest BCUT2D eigenvalue weighted by molar-refractivity contribution is 6.46. The van der Waals surface area contributed by atoms with Crippen molar-refractivity contribution in [2.24, 2.45) is 0 Å². The van der Waals surface area contributed by atoms with Crippen LogP contribution in [-0.2, 0) is 16.1 Å². The number of hydrogen-bond acceptors (Lipinski definition) is 6. The number of Topliss-reactive ketones (excluding diaryl/α,β-unsaturated/α-hetero) is 1. The van der Waals surface area contributed by atoms with E-state index in [0.29, 0.717) is 28.3 Å². The molecule has 1 amide bonds. The lowest BCUT2D eigenvalue weighted by Gasteiger charge is -2.25. The molecule has 34 heavy (non-hydrogen) atoms. The number of ketones is 1. The lowest BCUT2D eigenvalue weighted by molar-refractivity contribution is -0.140. The number of carbonyl (C=O) groups is 2. The Hall–Kier alpha value is -4.13. The Bertz CT molecular complexity index is 1270. The predicted molar refractivity (Wildman–Crippen MR) is 128 cm³/mol. The second-order valence-electron chi connectivity index (χ2n) is 8.16. The molecule has 1 N–H and O–H groups in total. The summed E-state index contributed by atoms with van der Waals surface area (Å²) in [4.78, 5) is 32.2. The highest BCUT2D eigenvalue weighted by Gasteiger charge is 2.46. The molecule has 0 aliphatic carbocycles.